The first-order valence-corrected chi connectivity index (χ1v) is 6.52. The average molecular weight is 294 g/mol. The van der Waals surface area contributed by atoms with Crippen LogP contribution in [-0.4, -0.2) is 17.3 Å². The Morgan fingerprint density at radius 2 is 1.80 bits per heavy atom. The van der Waals surface area contributed by atoms with Gasteiger partial charge in [0, 0.05) is 29.7 Å². The highest BCUT2D eigenvalue weighted by Gasteiger charge is 2.09. The smallest absolute Gasteiger partial charge is 0.162 e. The summed E-state index contributed by atoms with van der Waals surface area (Å²) < 4.78 is 5.05. The van der Waals surface area contributed by atoms with E-state index in [1.54, 1.807) is 24.3 Å². The van der Waals surface area contributed by atoms with Crippen LogP contribution in [0.4, 0.5) is 0 Å². The number of benzene rings is 2. The summed E-state index contributed by atoms with van der Waals surface area (Å²) in [5.74, 6) is 0.694. The SMILES string of the molecule is COc1cc(Cl)cc(CNCc2ccc(O)cc2)c1O. The molecule has 0 saturated heterocycles. The zero-order valence-corrected chi connectivity index (χ0v) is 11.8. The van der Waals surface area contributed by atoms with Gasteiger partial charge in [0.2, 0.25) is 0 Å². The second-order valence-corrected chi connectivity index (χ2v) is 4.82. The number of aromatic hydroxyl groups is 2. The van der Waals surface area contributed by atoms with Crippen LogP contribution in [0.3, 0.4) is 0 Å². The zero-order chi connectivity index (χ0) is 14.5. The number of hydrogen-bond donors (Lipinski definition) is 3. The number of nitrogens with one attached hydrogen (secondary N) is 1. The van der Waals surface area contributed by atoms with Crippen molar-refractivity contribution in [3.05, 3.63) is 52.5 Å². The molecule has 0 saturated carbocycles. The summed E-state index contributed by atoms with van der Waals surface area (Å²) in [7, 11) is 1.49. The lowest BCUT2D eigenvalue weighted by Crippen LogP contribution is -2.12. The van der Waals surface area contributed by atoms with Gasteiger partial charge in [-0.2, -0.15) is 0 Å². The van der Waals surface area contributed by atoms with Gasteiger partial charge in [0.15, 0.2) is 11.5 Å². The predicted octanol–water partition coefficient (Wildman–Crippen LogP) is 3.05. The van der Waals surface area contributed by atoms with E-state index in [-0.39, 0.29) is 11.5 Å². The van der Waals surface area contributed by atoms with Gasteiger partial charge in [0.05, 0.1) is 7.11 Å². The van der Waals surface area contributed by atoms with Crippen LogP contribution in [0.1, 0.15) is 11.1 Å². The molecule has 0 bridgehead atoms. The summed E-state index contributed by atoms with van der Waals surface area (Å²) in [4.78, 5) is 0. The Balaban J connectivity index is 2.00. The van der Waals surface area contributed by atoms with E-state index in [4.69, 9.17) is 16.3 Å². The molecule has 2 rings (SSSR count). The topological polar surface area (TPSA) is 61.7 Å². The van der Waals surface area contributed by atoms with Crippen molar-refractivity contribution < 1.29 is 14.9 Å². The monoisotopic (exact) mass is 293 g/mol. The predicted molar refractivity (Wildman–Crippen MR) is 78.3 cm³/mol. The summed E-state index contributed by atoms with van der Waals surface area (Å²) in [6.45, 7) is 1.08. The molecule has 0 atom stereocenters. The van der Waals surface area contributed by atoms with Crippen LogP contribution in [0.15, 0.2) is 36.4 Å². The second-order valence-electron chi connectivity index (χ2n) is 4.39. The van der Waals surface area contributed by atoms with Crippen molar-refractivity contribution in [2.45, 2.75) is 13.1 Å². The highest BCUT2D eigenvalue weighted by Crippen LogP contribution is 2.33. The molecule has 3 N–H and O–H groups in total. The molecule has 0 aliphatic carbocycles. The quantitative estimate of drug-likeness (QED) is 0.793. The highest BCUT2D eigenvalue weighted by molar-refractivity contribution is 6.30. The fourth-order valence-electron chi connectivity index (χ4n) is 1.87. The van der Waals surface area contributed by atoms with Crippen molar-refractivity contribution in [2.24, 2.45) is 0 Å². The van der Waals surface area contributed by atoms with Crippen LogP contribution in [0.2, 0.25) is 5.02 Å². The molecule has 2 aromatic rings. The second kappa shape index (κ2) is 6.50. The molecular formula is C15H16ClNO3. The Morgan fingerprint density at radius 3 is 2.45 bits per heavy atom. The van der Waals surface area contributed by atoms with Crippen LogP contribution in [0.25, 0.3) is 0 Å². The molecule has 4 nitrogen and oxygen atoms in total. The van der Waals surface area contributed by atoms with E-state index < -0.39 is 0 Å². The van der Waals surface area contributed by atoms with E-state index in [9.17, 15) is 10.2 Å². The summed E-state index contributed by atoms with van der Waals surface area (Å²) in [5.41, 5.74) is 1.71. The van der Waals surface area contributed by atoms with Crippen LogP contribution >= 0.6 is 11.6 Å². The van der Waals surface area contributed by atoms with Crippen molar-refractivity contribution >= 4 is 11.6 Å². The summed E-state index contributed by atoms with van der Waals surface area (Å²) in [5, 5.41) is 22.9. The number of methoxy groups -OCH3 is 1. The van der Waals surface area contributed by atoms with Gasteiger partial charge < -0.3 is 20.3 Å². The van der Waals surface area contributed by atoms with Crippen LogP contribution in [0, 0.1) is 0 Å². The van der Waals surface area contributed by atoms with Crippen molar-refractivity contribution in [3.63, 3.8) is 0 Å². The van der Waals surface area contributed by atoms with Gasteiger partial charge in [0.25, 0.3) is 0 Å². The molecule has 5 heteroatoms. The molecular weight excluding hydrogens is 278 g/mol. The van der Waals surface area contributed by atoms with E-state index in [0.717, 1.165) is 5.56 Å². The molecule has 0 aromatic heterocycles. The fraction of sp³-hybridized carbons (Fsp3) is 0.200. The van der Waals surface area contributed by atoms with Crippen LogP contribution in [0.5, 0.6) is 17.2 Å². The number of rotatable bonds is 5. The molecule has 0 amide bonds. The van der Waals surface area contributed by atoms with Gasteiger partial charge >= 0.3 is 0 Å². The maximum absolute atomic E-state index is 9.99. The van der Waals surface area contributed by atoms with Crippen LogP contribution < -0.4 is 10.1 Å². The lowest BCUT2D eigenvalue weighted by atomic mass is 10.1. The van der Waals surface area contributed by atoms with Gasteiger partial charge in [0.1, 0.15) is 5.75 Å². The number of halogens is 1. The Labute approximate surface area is 122 Å². The molecule has 0 aliphatic heterocycles. The third kappa shape index (κ3) is 3.56. The first kappa shape index (κ1) is 14.5. The standard InChI is InChI=1S/C15H16ClNO3/c1-20-14-7-12(16)6-11(15(14)19)9-17-8-10-2-4-13(18)5-3-10/h2-7,17-19H,8-9H2,1H3. The number of phenols is 2. The largest absolute Gasteiger partial charge is 0.508 e. The molecule has 20 heavy (non-hydrogen) atoms. The Bertz CT molecular complexity index is 584. The minimum Gasteiger partial charge on any atom is -0.508 e. The molecule has 0 spiro atoms. The van der Waals surface area contributed by atoms with E-state index in [1.165, 1.54) is 7.11 Å². The number of phenolic OH excluding ortho intramolecular Hbond substituents is 2. The van der Waals surface area contributed by atoms with Gasteiger partial charge in [-0.1, -0.05) is 23.7 Å². The maximum atomic E-state index is 9.99. The van der Waals surface area contributed by atoms with Gasteiger partial charge in [-0.3, -0.25) is 0 Å². The normalized spacial score (nSPS) is 10.5. The van der Waals surface area contributed by atoms with Crippen molar-refractivity contribution in [1.82, 2.24) is 5.32 Å². The highest BCUT2D eigenvalue weighted by atomic mass is 35.5. The average Bonchev–Trinajstić information content (AvgIpc) is 2.44. The minimum absolute atomic E-state index is 0.0927. The molecule has 2 aromatic carbocycles. The first-order chi connectivity index (χ1) is 9.60. The molecule has 106 valence electrons. The third-order valence-corrected chi connectivity index (χ3v) is 3.14. The van der Waals surface area contributed by atoms with Gasteiger partial charge in [-0.15, -0.1) is 0 Å². The van der Waals surface area contributed by atoms with Crippen LogP contribution in [-0.2, 0) is 13.1 Å². The number of hydrogen-bond acceptors (Lipinski definition) is 4. The van der Waals surface area contributed by atoms with Crippen molar-refractivity contribution in [3.8, 4) is 17.2 Å². The molecule has 0 heterocycles. The summed E-state index contributed by atoms with van der Waals surface area (Å²) >= 11 is 5.97. The van der Waals surface area contributed by atoms with E-state index >= 15 is 0 Å². The fourth-order valence-corrected chi connectivity index (χ4v) is 2.10. The maximum Gasteiger partial charge on any atom is 0.162 e. The Hall–Kier alpha value is -1.91. The van der Waals surface area contributed by atoms with Crippen molar-refractivity contribution in [2.75, 3.05) is 7.11 Å². The van der Waals surface area contributed by atoms with Gasteiger partial charge in [-0.05, 0) is 23.8 Å². The summed E-state index contributed by atoms with van der Waals surface area (Å²) in [6.07, 6.45) is 0. The lowest BCUT2D eigenvalue weighted by Gasteiger charge is -2.11. The molecule has 0 radical (unpaired) electrons. The molecule has 0 fully saturated rings. The Morgan fingerprint density at radius 1 is 1.10 bits per heavy atom. The summed E-state index contributed by atoms with van der Waals surface area (Å²) in [6, 6.07) is 10.2. The van der Waals surface area contributed by atoms with E-state index in [0.29, 0.717) is 29.4 Å². The molecule has 0 unspecified atom stereocenters. The number of ether oxygens (including phenoxy) is 1. The molecule has 0 aliphatic rings. The van der Waals surface area contributed by atoms with Gasteiger partial charge in [-0.25, -0.2) is 0 Å². The lowest BCUT2D eigenvalue weighted by molar-refractivity contribution is 0.369. The zero-order valence-electron chi connectivity index (χ0n) is 11.1. The van der Waals surface area contributed by atoms with E-state index in [2.05, 4.69) is 5.32 Å². The third-order valence-electron chi connectivity index (χ3n) is 2.92. The van der Waals surface area contributed by atoms with Crippen molar-refractivity contribution in [1.29, 1.82) is 0 Å². The van der Waals surface area contributed by atoms with E-state index in [1.807, 2.05) is 12.1 Å². The minimum atomic E-state index is 0.0927. The Kier molecular flexibility index (Phi) is 4.71. The first-order valence-electron chi connectivity index (χ1n) is 6.14.